The fourth-order valence-electron chi connectivity index (χ4n) is 2.75. The Morgan fingerprint density at radius 3 is 2.65 bits per heavy atom. The third kappa shape index (κ3) is 5.79. The van der Waals surface area contributed by atoms with Gasteiger partial charge in [-0.05, 0) is 44.1 Å². The molecule has 0 aliphatic carbocycles. The standard InChI is InChI=1S/C16H22ClNO4S/c17-23(20,21)18-12-6-4-11-15(18)16(19)22-13-7-5-10-14-8-2-1-3-9-14/h1-3,8-9,15H,4-7,10-13H2/t15-/m0/s1. The van der Waals surface area contributed by atoms with Crippen LogP contribution in [-0.4, -0.2) is 37.9 Å². The second-order valence-electron chi connectivity index (χ2n) is 5.67. The molecule has 0 amide bonds. The van der Waals surface area contributed by atoms with Gasteiger partial charge in [-0.25, -0.2) is 0 Å². The molecule has 1 aromatic rings. The normalized spacial score (nSPS) is 19.4. The van der Waals surface area contributed by atoms with E-state index in [1.165, 1.54) is 5.56 Å². The van der Waals surface area contributed by atoms with Crippen LogP contribution in [-0.2, 0) is 25.2 Å². The third-order valence-corrected chi connectivity index (χ3v) is 5.48. The number of benzene rings is 1. The van der Waals surface area contributed by atoms with Gasteiger partial charge in [-0.2, -0.15) is 12.7 Å². The Morgan fingerprint density at radius 1 is 1.22 bits per heavy atom. The first kappa shape index (κ1) is 18.2. The first-order chi connectivity index (χ1) is 11.0. The van der Waals surface area contributed by atoms with E-state index >= 15 is 0 Å². The first-order valence-corrected chi connectivity index (χ1v) is 10.2. The average Bonchev–Trinajstić information content (AvgIpc) is 2.54. The molecule has 0 saturated carbocycles. The Kier molecular flexibility index (Phi) is 6.87. The minimum Gasteiger partial charge on any atom is -0.464 e. The molecule has 128 valence electrons. The number of rotatable bonds is 7. The van der Waals surface area contributed by atoms with Crippen LogP contribution in [0.15, 0.2) is 30.3 Å². The van der Waals surface area contributed by atoms with E-state index in [1.54, 1.807) is 0 Å². The summed E-state index contributed by atoms with van der Waals surface area (Å²) in [5.74, 6) is -0.492. The van der Waals surface area contributed by atoms with Gasteiger partial charge < -0.3 is 4.74 Å². The molecule has 1 fully saturated rings. The molecule has 1 aromatic carbocycles. The van der Waals surface area contributed by atoms with Crippen LogP contribution in [0.5, 0.6) is 0 Å². The van der Waals surface area contributed by atoms with Crippen molar-refractivity contribution in [2.75, 3.05) is 13.2 Å². The second-order valence-corrected chi connectivity index (χ2v) is 8.14. The molecule has 0 aromatic heterocycles. The number of carbonyl (C=O) groups excluding carboxylic acids is 1. The van der Waals surface area contributed by atoms with Gasteiger partial charge in [-0.3, -0.25) is 4.79 Å². The number of carbonyl (C=O) groups is 1. The number of halogens is 1. The van der Waals surface area contributed by atoms with Crippen LogP contribution >= 0.6 is 10.7 Å². The van der Waals surface area contributed by atoms with E-state index in [4.69, 9.17) is 15.4 Å². The zero-order valence-corrected chi connectivity index (χ0v) is 14.6. The number of nitrogens with zero attached hydrogens (tertiary/aromatic N) is 1. The maximum Gasteiger partial charge on any atom is 0.324 e. The lowest BCUT2D eigenvalue weighted by atomic mass is 10.1. The molecule has 5 nitrogen and oxygen atoms in total. The number of hydrogen-bond acceptors (Lipinski definition) is 4. The topological polar surface area (TPSA) is 63.7 Å². The van der Waals surface area contributed by atoms with Crippen LogP contribution in [0.2, 0.25) is 0 Å². The minimum absolute atomic E-state index is 0.277. The van der Waals surface area contributed by atoms with Crippen molar-refractivity contribution in [2.45, 2.75) is 44.6 Å². The van der Waals surface area contributed by atoms with Crippen LogP contribution in [0.1, 0.15) is 37.7 Å². The monoisotopic (exact) mass is 359 g/mol. The van der Waals surface area contributed by atoms with Crippen LogP contribution in [0.4, 0.5) is 0 Å². The van der Waals surface area contributed by atoms with Crippen LogP contribution in [0.3, 0.4) is 0 Å². The van der Waals surface area contributed by atoms with Crippen LogP contribution in [0, 0.1) is 0 Å². The fourth-order valence-corrected chi connectivity index (χ4v) is 4.08. The van der Waals surface area contributed by atoms with E-state index in [1.807, 2.05) is 18.2 Å². The molecule has 0 bridgehead atoms. The molecule has 1 saturated heterocycles. The SMILES string of the molecule is O=C(OCCCCc1ccccc1)[C@@H]1CCCCN1S(=O)(=O)Cl. The summed E-state index contributed by atoms with van der Waals surface area (Å²) in [6.07, 6.45) is 4.59. The number of ether oxygens (including phenoxy) is 1. The molecule has 1 atom stereocenters. The predicted molar refractivity (Wildman–Crippen MR) is 89.5 cm³/mol. The van der Waals surface area contributed by atoms with E-state index in [2.05, 4.69) is 12.1 Å². The van der Waals surface area contributed by atoms with Gasteiger partial charge in [-0.15, -0.1) is 0 Å². The van der Waals surface area contributed by atoms with Crippen molar-refractivity contribution >= 4 is 25.9 Å². The van der Waals surface area contributed by atoms with Gasteiger partial charge in [0, 0.05) is 17.2 Å². The predicted octanol–water partition coefficient (Wildman–Crippen LogP) is 2.89. The molecular formula is C16H22ClNO4S. The van der Waals surface area contributed by atoms with E-state index in [0.29, 0.717) is 19.4 Å². The van der Waals surface area contributed by atoms with E-state index in [0.717, 1.165) is 30.0 Å². The van der Waals surface area contributed by atoms with Gasteiger partial charge in [0.2, 0.25) is 0 Å². The molecule has 0 spiro atoms. The Bertz CT molecular complexity index is 606. The summed E-state index contributed by atoms with van der Waals surface area (Å²) in [4.78, 5) is 12.1. The maximum atomic E-state index is 12.1. The fraction of sp³-hybridized carbons (Fsp3) is 0.562. The minimum atomic E-state index is -3.89. The van der Waals surface area contributed by atoms with Crippen LogP contribution in [0.25, 0.3) is 0 Å². The van der Waals surface area contributed by atoms with Gasteiger partial charge >= 0.3 is 15.2 Å². The molecule has 0 radical (unpaired) electrons. The van der Waals surface area contributed by atoms with Gasteiger partial charge in [-0.1, -0.05) is 30.3 Å². The number of esters is 1. The number of unbranched alkanes of at least 4 members (excludes halogenated alkanes) is 1. The molecule has 2 rings (SSSR count). The summed E-state index contributed by atoms with van der Waals surface area (Å²) in [5, 5.41) is 0. The quantitative estimate of drug-likeness (QED) is 0.426. The summed E-state index contributed by atoms with van der Waals surface area (Å²) < 4.78 is 29.3. The third-order valence-electron chi connectivity index (χ3n) is 3.95. The van der Waals surface area contributed by atoms with Gasteiger partial charge in [0.1, 0.15) is 6.04 Å². The Labute approximate surface area is 142 Å². The van der Waals surface area contributed by atoms with E-state index in [-0.39, 0.29) is 6.54 Å². The van der Waals surface area contributed by atoms with Crippen molar-refractivity contribution in [3.8, 4) is 0 Å². The molecule has 0 N–H and O–H groups in total. The Hall–Kier alpha value is -1.11. The van der Waals surface area contributed by atoms with Crippen molar-refractivity contribution in [2.24, 2.45) is 0 Å². The molecule has 23 heavy (non-hydrogen) atoms. The number of aryl methyl sites for hydroxylation is 1. The maximum absolute atomic E-state index is 12.1. The summed E-state index contributed by atoms with van der Waals surface area (Å²) in [7, 11) is 1.51. The Balaban J connectivity index is 1.73. The molecule has 0 unspecified atom stereocenters. The zero-order chi connectivity index (χ0) is 16.7. The summed E-state index contributed by atoms with van der Waals surface area (Å²) >= 11 is 0. The Morgan fingerprint density at radius 2 is 1.96 bits per heavy atom. The smallest absolute Gasteiger partial charge is 0.324 e. The second kappa shape index (κ2) is 8.66. The number of hydrogen-bond donors (Lipinski definition) is 0. The highest BCUT2D eigenvalue weighted by Gasteiger charge is 2.36. The lowest BCUT2D eigenvalue weighted by molar-refractivity contribution is -0.149. The van der Waals surface area contributed by atoms with Gasteiger partial charge in [0.25, 0.3) is 0 Å². The zero-order valence-electron chi connectivity index (χ0n) is 13.0. The highest BCUT2D eigenvalue weighted by molar-refractivity contribution is 8.11. The van der Waals surface area contributed by atoms with Crippen molar-refractivity contribution in [3.63, 3.8) is 0 Å². The van der Waals surface area contributed by atoms with Crippen molar-refractivity contribution in [3.05, 3.63) is 35.9 Å². The summed E-state index contributed by atoms with van der Waals surface area (Å²) in [6.45, 7) is 0.581. The summed E-state index contributed by atoms with van der Waals surface area (Å²) in [5.41, 5.74) is 1.26. The number of piperidine rings is 1. The molecule has 1 aliphatic heterocycles. The lowest BCUT2D eigenvalue weighted by Gasteiger charge is -2.30. The highest BCUT2D eigenvalue weighted by atomic mass is 35.7. The average molecular weight is 360 g/mol. The van der Waals surface area contributed by atoms with Crippen molar-refractivity contribution in [1.29, 1.82) is 0 Å². The van der Waals surface area contributed by atoms with Gasteiger partial charge in [0.05, 0.1) is 6.61 Å². The van der Waals surface area contributed by atoms with E-state index < -0.39 is 21.2 Å². The molecular weight excluding hydrogens is 338 g/mol. The van der Waals surface area contributed by atoms with Crippen LogP contribution < -0.4 is 0 Å². The van der Waals surface area contributed by atoms with E-state index in [9.17, 15) is 13.2 Å². The molecule has 7 heteroatoms. The first-order valence-electron chi connectivity index (χ1n) is 7.90. The highest BCUT2D eigenvalue weighted by Crippen LogP contribution is 2.23. The van der Waals surface area contributed by atoms with Crippen molar-refractivity contribution < 1.29 is 17.9 Å². The van der Waals surface area contributed by atoms with Gasteiger partial charge in [0.15, 0.2) is 0 Å². The van der Waals surface area contributed by atoms with Crippen molar-refractivity contribution in [1.82, 2.24) is 4.31 Å². The summed E-state index contributed by atoms with van der Waals surface area (Å²) in [6, 6.07) is 9.33. The molecule has 1 heterocycles. The lowest BCUT2D eigenvalue weighted by Crippen LogP contribution is -2.46. The molecule has 1 aliphatic rings. The largest absolute Gasteiger partial charge is 0.464 e.